The summed E-state index contributed by atoms with van der Waals surface area (Å²) in [6.07, 6.45) is 2.29. The minimum absolute atomic E-state index is 0.176. The monoisotopic (exact) mass is 252 g/mol. The van der Waals surface area contributed by atoms with E-state index in [2.05, 4.69) is 11.9 Å². The van der Waals surface area contributed by atoms with Gasteiger partial charge >= 0.3 is 0 Å². The summed E-state index contributed by atoms with van der Waals surface area (Å²) in [6.45, 7) is 3.06. The van der Waals surface area contributed by atoms with Crippen molar-refractivity contribution in [1.29, 1.82) is 0 Å². The number of halogens is 1. The summed E-state index contributed by atoms with van der Waals surface area (Å²) in [6, 6.07) is 4.88. The van der Waals surface area contributed by atoms with Gasteiger partial charge in [-0.25, -0.2) is 4.39 Å². The molecule has 4 heteroatoms. The predicted octanol–water partition coefficient (Wildman–Crippen LogP) is 2.00. The van der Waals surface area contributed by atoms with Crippen LogP contribution in [-0.2, 0) is 6.54 Å². The summed E-state index contributed by atoms with van der Waals surface area (Å²) < 4.78 is 19.2. The van der Waals surface area contributed by atoms with Gasteiger partial charge in [0.1, 0.15) is 11.6 Å². The van der Waals surface area contributed by atoms with Gasteiger partial charge in [0.2, 0.25) is 0 Å². The third-order valence-corrected chi connectivity index (χ3v) is 3.59. The van der Waals surface area contributed by atoms with E-state index in [-0.39, 0.29) is 12.4 Å². The van der Waals surface area contributed by atoms with E-state index in [0.717, 1.165) is 25.9 Å². The van der Waals surface area contributed by atoms with Gasteiger partial charge < -0.3 is 15.4 Å². The van der Waals surface area contributed by atoms with Crippen molar-refractivity contribution in [1.82, 2.24) is 4.90 Å². The minimum atomic E-state index is -0.279. The second kappa shape index (κ2) is 6.16. The SMILES string of the molecule is CN1CCC(COc2cccc(F)c2CN)CC1. The molecule has 1 heterocycles. The Labute approximate surface area is 108 Å². The van der Waals surface area contributed by atoms with E-state index in [1.54, 1.807) is 12.1 Å². The van der Waals surface area contributed by atoms with E-state index in [0.29, 0.717) is 23.8 Å². The van der Waals surface area contributed by atoms with Crippen LogP contribution in [0.3, 0.4) is 0 Å². The van der Waals surface area contributed by atoms with Crippen molar-refractivity contribution in [2.75, 3.05) is 26.7 Å². The first-order chi connectivity index (χ1) is 8.70. The molecule has 100 valence electrons. The molecule has 0 spiro atoms. The largest absolute Gasteiger partial charge is 0.493 e. The Kier molecular flexibility index (Phi) is 4.55. The van der Waals surface area contributed by atoms with Crippen molar-refractivity contribution >= 4 is 0 Å². The zero-order chi connectivity index (χ0) is 13.0. The molecule has 1 fully saturated rings. The summed E-state index contributed by atoms with van der Waals surface area (Å²) in [5.74, 6) is 0.880. The van der Waals surface area contributed by atoms with E-state index in [4.69, 9.17) is 10.5 Å². The van der Waals surface area contributed by atoms with E-state index in [1.807, 2.05) is 0 Å². The number of likely N-dealkylation sites (tertiary alicyclic amines) is 1. The maximum Gasteiger partial charge on any atom is 0.131 e. The zero-order valence-electron chi connectivity index (χ0n) is 10.9. The van der Waals surface area contributed by atoms with Crippen molar-refractivity contribution in [2.24, 2.45) is 11.7 Å². The molecule has 1 aliphatic rings. The van der Waals surface area contributed by atoms with Crippen LogP contribution in [0.2, 0.25) is 0 Å². The van der Waals surface area contributed by atoms with Crippen LogP contribution in [0.25, 0.3) is 0 Å². The number of hydrogen-bond acceptors (Lipinski definition) is 3. The molecular formula is C14H21FN2O. The average molecular weight is 252 g/mol. The van der Waals surface area contributed by atoms with E-state index < -0.39 is 0 Å². The fraction of sp³-hybridized carbons (Fsp3) is 0.571. The number of nitrogens with zero attached hydrogens (tertiary/aromatic N) is 1. The highest BCUT2D eigenvalue weighted by Crippen LogP contribution is 2.23. The van der Waals surface area contributed by atoms with Crippen LogP contribution in [0.15, 0.2) is 18.2 Å². The molecule has 0 atom stereocenters. The normalized spacial score (nSPS) is 17.9. The predicted molar refractivity (Wildman–Crippen MR) is 70.0 cm³/mol. The first kappa shape index (κ1) is 13.3. The maximum atomic E-state index is 13.5. The van der Waals surface area contributed by atoms with Gasteiger partial charge in [-0.05, 0) is 51.0 Å². The zero-order valence-corrected chi connectivity index (χ0v) is 10.9. The molecule has 1 aliphatic heterocycles. The second-order valence-corrected chi connectivity index (χ2v) is 4.98. The summed E-state index contributed by atoms with van der Waals surface area (Å²) >= 11 is 0. The molecule has 0 unspecified atom stereocenters. The van der Waals surface area contributed by atoms with E-state index in [1.165, 1.54) is 6.07 Å². The van der Waals surface area contributed by atoms with Gasteiger partial charge in [-0.1, -0.05) is 6.07 Å². The smallest absolute Gasteiger partial charge is 0.131 e. The molecule has 0 amide bonds. The Hall–Kier alpha value is -1.13. The van der Waals surface area contributed by atoms with E-state index in [9.17, 15) is 4.39 Å². The maximum absolute atomic E-state index is 13.5. The second-order valence-electron chi connectivity index (χ2n) is 4.98. The lowest BCUT2D eigenvalue weighted by Gasteiger charge is -2.29. The van der Waals surface area contributed by atoms with Gasteiger partial charge in [-0.15, -0.1) is 0 Å². The standard InChI is InChI=1S/C14H21FN2O/c1-17-7-5-11(6-8-17)10-18-14-4-2-3-13(15)12(14)9-16/h2-4,11H,5-10,16H2,1H3. The molecule has 3 nitrogen and oxygen atoms in total. The summed E-state index contributed by atoms with van der Waals surface area (Å²) in [5.41, 5.74) is 6.03. The Morgan fingerprint density at radius 1 is 1.39 bits per heavy atom. The topological polar surface area (TPSA) is 38.5 Å². The highest BCUT2D eigenvalue weighted by molar-refractivity contribution is 5.34. The number of benzene rings is 1. The van der Waals surface area contributed by atoms with Gasteiger partial charge in [0.25, 0.3) is 0 Å². The molecule has 0 aliphatic carbocycles. The van der Waals surface area contributed by atoms with Gasteiger partial charge in [0.05, 0.1) is 6.61 Å². The molecule has 0 saturated carbocycles. The number of ether oxygens (including phenoxy) is 1. The van der Waals surface area contributed by atoms with Gasteiger partial charge in [-0.2, -0.15) is 0 Å². The Morgan fingerprint density at radius 2 is 2.11 bits per heavy atom. The van der Waals surface area contributed by atoms with Crippen LogP contribution in [-0.4, -0.2) is 31.6 Å². The van der Waals surface area contributed by atoms with Gasteiger partial charge in [0.15, 0.2) is 0 Å². The minimum Gasteiger partial charge on any atom is -0.493 e. The number of piperidine rings is 1. The molecule has 0 aromatic heterocycles. The average Bonchev–Trinajstić information content (AvgIpc) is 2.38. The van der Waals surface area contributed by atoms with Crippen molar-refractivity contribution in [3.63, 3.8) is 0 Å². The van der Waals surface area contributed by atoms with Crippen LogP contribution in [0.4, 0.5) is 4.39 Å². The van der Waals surface area contributed by atoms with E-state index >= 15 is 0 Å². The lowest BCUT2D eigenvalue weighted by atomic mass is 9.98. The third kappa shape index (κ3) is 3.21. The third-order valence-electron chi connectivity index (χ3n) is 3.59. The summed E-state index contributed by atoms with van der Waals surface area (Å²) in [7, 11) is 2.14. The number of rotatable bonds is 4. The van der Waals surface area contributed by atoms with Crippen LogP contribution in [0, 0.1) is 11.7 Å². The highest BCUT2D eigenvalue weighted by Gasteiger charge is 2.18. The van der Waals surface area contributed by atoms with Crippen LogP contribution in [0.5, 0.6) is 5.75 Å². The molecule has 0 bridgehead atoms. The molecular weight excluding hydrogens is 231 g/mol. The Balaban J connectivity index is 1.92. The summed E-state index contributed by atoms with van der Waals surface area (Å²) in [4.78, 5) is 2.32. The Morgan fingerprint density at radius 3 is 2.78 bits per heavy atom. The summed E-state index contributed by atoms with van der Waals surface area (Å²) in [5, 5.41) is 0. The Bertz CT molecular complexity index is 389. The fourth-order valence-corrected chi connectivity index (χ4v) is 2.31. The molecule has 18 heavy (non-hydrogen) atoms. The van der Waals surface area contributed by atoms with Crippen LogP contribution in [0.1, 0.15) is 18.4 Å². The van der Waals surface area contributed by atoms with Crippen molar-refractivity contribution in [3.8, 4) is 5.75 Å². The molecule has 2 rings (SSSR count). The molecule has 0 radical (unpaired) electrons. The molecule has 2 N–H and O–H groups in total. The quantitative estimate of drug-likeness (QED) is 0.891. The highest BCUT2D eigenvalue weighted by atomic mass is 19.1. The molecule has 1 aromatic carbocycles. The molecule has 1 saturated heterocycles. The lowest BCUT2D eigenvalue weighted by molar-refractivity contribution is 0.159. The van der Waals surface area contributed by atoms with Crippen molar-refractivity contribution in [2.45, 2.75) is 19.4 Å². The van der Waals surface area contributed by atoms with Crippen LogP contribution < -0.4 is 10.5 Å². The van der Waals surface area contributed by atoms with Gasteiger partial charge in [-0.3, -0.25) is 0 Å². The van der Waals surface area contributed by atoms with Gasteiger partial charge in [0, 0.05) is 12.1 Å². The number of nitrogens with two attached hydrogens (primary N) is 1. The lowest BCUT2D eigenvalue weighted by Crippen LogP contribution is -2.32. The molecule has 1 aromatic rings. The van der Waals surface area contributed by atoms with Crippen molar-refractivity contribution in [3.05, 3.63) is 29.6 Å². The first-order valence-electron chi connectivity index (χ1n) is 6.49. The van der Waals surface area contributed by atoms with Crippen LogP contribution >= 0.6 is 0 Å². The first-order valence-corrected chi connectivity index (χ1v) is 6.49. The number of hydrogen-bond donors (Lipinski definition) is 1. The van der Waals surface area contributed by atoms with Crippen molar-refractivity contribution < 1.29 is 9.13 Å². The fourth-order valence-electron chi connectivity index (χ4n) is 2.31.